The summed E-state index contributed by atoms with van der Waals surface area (Å²) in [6, 6.07) is 8.98. The first-order valence-corrected chi connectivity index (χ1v) is 7.08. The molecule has 5 atom stereocenters. The minimum absolute atomic E-state index is 0.301. The van der Waals surface area contributed by atoms with Crippen LogP contribution in [0.3, 0.4) is 0 Å². The average Bonchev–Trinajstić information content (AvgIpc) is 2.77. The Bertz CT molecular complexity index is 437. The molecule has 2 bridgehead atoms. The first kappa shape index (κ1) is 10.1. The Morgan fingerprint density at radius 2 is 1.76 bits per heavy atom. The predicted molar refractivity (Wildman–Crippen MR) is 69.4 cm³/mol. The van der Waals surface area contributed by atoms with E-state index in [-0.39, 0.29) is 0 Å². The lowest BCUT2D eigenvalue weighted by Crippen LogP contribution is -2.18. The lowest BCUT2D eigenvalue weighted by molar-refractivity contribution is 0.417. The van der Waals surface area contributed by atoms with Crippen molar-refractivity contribution in [3.05, 3.63) is 35.4 Å². The molecule has 0 radical (unpaired) electrons. The molecule has 3 aliphatic carbocycles. The monoisotopic (exact) mass is 227 g/mol. The largest absolute Gasteiger partial charge is 0.324 e. The number of hydrogen-bond donors (Lipinski definition) is 1. The van der Waals surface area contributed by atoms with Crippen LogP contribution in [0.4, 0.5) is 0 Å². The Morgan fingerprint density at radius 1 is 1.12 bits per heavy atom. The molecule has 90 valence electrons. The molecule has 0 aliphatic heterocycles. The van der Waals surface area contributed by atoms with E-state index in [0.29, 0.717) is 6.04 Å². The summed E-state index contributed by atoms with van der Waals surface area (Å²) in [5.41, 5.74) is 9.31. The van der Waals surface area contributed by atoms with E-state index in [1.54, 1.807) is 0 Å². The van der Waals surface area contributed by atoms with Crippen molar-refractivity contribution >= 4 is 0 Å². The Labute approximate surface area is 103 Å². The molecule has 2 N–H and O–H groups in total. The number of nitrogens with two attached hydrogens (primary N) is 1. The van der Waals surface area contributed by atoms with Crippen LogP contribution in [-0.4, -0.2) is 0 Å². The van der Waals surface area contributed by atoms with E-state index in [1.165, 1.54) is 30.4 Å². The summed E-state index contributed by atoms with van der Waals surface area (Å²) < 4.78 is 0. The first-order chi connectivity index (χ1) is 8.27. The molecule has 3 saturated carbocycles. The van der Waals surface area contributed by atoms with Crippen LogP contribution in [0.1, 0.15) is 36.4 Å². The molecule has 0 spiro atoms. The molecule has 3 aliphatic rings. The van der Waals surface area contributed by atoms with Gasteiger partial charge in [0.1, 0.15) is 0 Å². The summed E-state index contributed by atoms with van der Waals surface area (Å²) in [4.78, 5) is 0. The molecule has 1 aromatic rings. The van der Waals surface area contributed by atoms with Gasteiger partial charge in [0.2, 0.25) is 0 Å². The molecule has 1 heteroatoms. The highest BCUT2D eigenvalue weighted by Gasteiger charge is 2.66. The standard InChI is InChI=1S/C16H21N/c1-9-4-2-3-5-12(9)16(17)15-13-10-6-7-11(8-10)14(13)15/h2-5,10-11,13-16H,6-8,17H2,1H3. The second-order valence-corrected chi connectivity index (χ2v) is 6.45. The van der Waals surface area contributed by atoms with Gasteiger partial charge in [-0.15, -0.1) is 0 Å². The topological polar surface area (TPSA) is 26.0 Å². The lowest BCUT2D eigenvalue weighted by Gasteiger charge is -2.18. The molecule has 3 fully saturated rings. The molecule has 0 saturated heterocycles. The fraction of sp³-hybridized carbons (Fsp3) is 0.625. The third-order valence-corrected chi connectivity index (χ3v) is 5.76. The SMILES string of the molecule is Cc1ccccc1C(N)C1C2C3CCC(C3)C21. The van der Waals surface area contributed by atoms with E-state index in [9.17, 15) is 0 Å². The van der Waals surface area contributed by atoms with Crippen LogP contribution in [0.2, 0.25) is 0 Å². The molecule has 0 amide bonds. The molecule has 17 heavy (non-hydrogen) atoms. The van der Waals surface area contributed by atoms with Crippen LogP contribution in [0.15, 0.2) is 24.3 Å². The van der Waals surface area contributed by atoms with Crippen LogP contribution < -0.4 is 5.73 Å². The number of hydrogen-bond acceptors (Lipinski definition) is 1. The molecule has 5 unspecified atom stereocenters. The van der Waals surface area contributed by atoms with Gasteiger partial charge in [0.25, 0.3) is 0 Å². The number of aryl methyl sites for hydroxylation is 1. The van der Waals surface area contributed by atoms with Crippen LogP contribution in [0.5, 0.6) is 0 Å². The van der Waals surface area contributed by atoms with Gasteiger partial charge in [-0.3, -0.25) is 0 Å². The third kappa shape index (κ3) is 1.29. The Morgan fingerprint density at radius 3 is 2.41 bits per heavy atom. The summed E-state index contributed by atoms with van der Waals surface area (Å²) in [6.07, 6.45) is 4.50. The number of benzene rings is 1. The highest BCUT2D eigenvalue weighted by Crippen LogP contribution is 2.71. The zero-order valence-corrected chi connectivity index (χ0v) is 10.5. The molecule has 0 aromatic heterocycles. The van der Waals surface area contributed by atoms with Gasteiger partial charge in [-0.1, -0.05) is 24.3 Å². The van der Waals surface area contributed by atoms with Gasteiger partial charge in [-0.25, -0.2) is 0 Å². The number of rotatable bonds is 2. The zero-order valence-electron chi connectivity index (χ0n) is 10.5. The fourth-order valence-corrected chi connectivity index (χ4v) is 5.04. The molecule has 1 aromatic carbocycles. The second kappa shape index (κ2) is 3.35. The van der Waals surface area contributed by atoms with Crippen molar-refractivity contribution in [1.82, 2.24) is 0 Å². The van der Waals surface area contributed by atoms with Crippen molar-refractivity contribution in [1.29, 1.82) is 0 Å². The third-order valence-electron chi connectivity index (χ3n) is 5.76. The highest BCUT2D eigenvalue weighted by atomic mass is 14.8. The van der Waals surface area contributed by atoms with E-state index in [0.717, 1.165) is 29.6 Å². The van der Waals surface area contributed by atoms with E-state index in [2.05, 4.69) is 31.2 Å². The lowest BCUT2D eigenvalue weighted by atomic mass is 9.91. The smallest absolute Gasteiger partial charge is 0.0331 e. The van der Waals surface area contributed by atoms with Gasteiger partial charge in [0.15, 0.2) is 0 Å². The molecule has 1 nitrogen and oxygen atoms in total. The molecular formula is C16H21N. The van der Waals surface area contributed by atoms with Gasteiger partial charge >= 0.3 is 0 Å². The summed E-state index contributed by atoms with van der Waals surface area (Å²) >= 11 is 0. The minimum atomic E-state index is 0.301. The summed E-state index contributed by atoms with van der Waals surface area (Å²) in [5, 5.41) is 0. The van der Waals surface area contributed by atoms with Crippen molar-refractivity contribution < 1.29 is 0 Å². The van der Waals surface area contributed by atoms with Gasteiger partial charge in [-0.2, -0.15) is 0 Å². The average molecular weight is 227 g/mol. The Hall–Kier alpha value is -0.820. The predicted octanol–water partition coefficient (Wildman–Crippen LogP) is 3.29. The van der Waals surface area contributed by atoms with Crippen LogP contribution >= 0.6 is 0 Å². The quantitative estimate of drug-likeness (QED) is 0.824. The molecular weight excluding hydrogens is 206 g/mol. The second-order valence-electron chi connectivity index (χ2n) is 6.45. The molecule has 0 heterocycles. The Balaban J connectivity index is 1.60. The minimum Gasteiger partial charge on any atom is -0.324 e. The fourth-order valence-electron chi connectivity index (χ4n) is 5.04. The van der Waals surface area contributed by atoms with Crippen molar-refractivity contribution in [3.63, 3.8) is 0 Å². The maximum atomic E-state index is 6.54. The first-order valence-electron chi connectivity index (χ1n) is 7.08. The highest BCUT2D eigenvalue weighted by molar-refractivity contribution is 5.32. The van der Waals surface area contributed by atoms with E-state index in [4.69, 9.17) is 5.73 Å². The van der Waals surface area contributed by atoms with Gasteiger partial charge in [0.05, 0.1) is 0 Å². The summed E-state index contributed by atoms with van der Waals surface area (Å²) in [5.74, 6) is 4.85. The van der Waals surface area contributed by atoms with Crippen LogP contribution in [-0.2, 0) is 0 Å². The Kier molecular flexibility index (Phi) is 2.00. The van der Waals surface area contributed by atoms with E-state index >= 15 is 0 Å². The maximum absolute atomic E-state index is 6.54. The summed E-state index contributed by atoms with van der Waals surface area (Å²) in [6.45, 7) is 2.20. The normalized spacial score (nSPS) is 43.5. The number of fused-ring (bicyclic) bond motifs is 5. The van der Waals surface area contributed by atoms with E-state index < -0.39 is 0 Å². The van der Waals surface area contributed by atoms with Crippen molar-refractivity contribution in [2.24, 2.45) is 35.3 Å². The summed E-state index contributed by atoms with van der Waals surface area (Å²) in [7, 11) is 0. The van der Waals surface area contributed by atoms with Crippen LogP contribution in [0.25, 0.3) is 0 Å². The maximum Gasteiger partial charge on any atom is 0.0331 e. The van der Waals surface area contributed by atoms with Crippen molar-refractivity contribution in [2.45, 2.75) is 32.2 Å². The van der Waals surface area contributed by atoms with E-state index in [1.807, 2.05) is 0 Å². The van der Waals surface area contributed by atoms with Crippen LogP contribution in [0, 0.1) is 36.5 Å². The molecule has 4 rings (SSSR count). The van der Waals surface area contributed by atoms with Gasteiger partial charge in [-0.05, 0) is 66.9 Å². The van der Waals surface area contributed by atoms with Gasteiger partial charge < -0.3 is 5.73 Å². The van der Waals surface area contributed by atoms with Gasteiger partial charge in [0, 0.05) is 6.04 Å². The zero-order chi connectivity index (χ0) is 11.6. The van der Waals surface area contributed by atoms with Crippen molar-refractivity contribution in [2.75, 3.05) is 0 Å². The van der Waals surface area contributed by atoms with Crippen molar-refractivity contribution in [3.8, 4) is 0 Å².